The van der Waals surface area contributed by atoms with Gasteiger partial charge in [0, 0.05) is 17.4 Å². The van der Waals surface area contributed by atoms with Gasteiger partial charge in [-0.1, -0.05) is 50.1 Å². The molecule has 0 saturated heterocycles. The van der Waals surface area contributed by atoms with Crippen molar-refractivity contribution in [2.45, 2.75) is 26.2 Å². The zero-order valence-corrected chi connectivity index (χ0v) is 16.7. The second-order valence-corrected chi connectivity index (χ2v) is 6.73. The van der Waals surface area contributed by atoms with E-state index in [2.05, 4.69) is 36.0 Å². The lowest BCUT2D eigenvalue weighted by atomic mass is 9.98. The number of anilines is 1. The summed E-state index contributed by atoms with van der Waals surface area (Å²) < 4.78 is 5.78. The van der Waals surface area contributed by atoms with E-state index in [1.165, 1.54) is 0 Å². The van der Waals surface area contributed by atoms with Gasteiger partial charge in [-0.2, -0.15) is 0 Å². The van der Waals surface area contributed by atoms with E-state index < -0.39 is 0 Å². The third-order valence-corrected chi connectivity index (χ3v) is 4.57. The molecular weight excluding hydrogens is 360 g/mol. The highest BCUT2D eigenvalue weighted by Crippen LogP contribution is 2.28. The number of benzene rings is 2. The Hall–Kier alpha value is -3.58. The molecule has 0 aliphatic heterocycles. The first-order valence-corrected chi connectivity index (χ1v) is 9.70. The first kappa shape index (κ1) is 20.2. The van der Waals surface area contributed by atoms with Crippen LogP contribution in [0.2, 0.25) is 0 Å². The summed E-state index contributed by atoms with van der Waals surface area (Å²) in [7, 11) is 0. The summed E-state index contributed by atoms with van der Waals surface area (Å²) in [6.07, 6.45) is 2.72. The molecule has 3 rings (SSSR count). The van der Waals surface area contributed by atoms with Crippen LogP contribution in [-0.4, -0.2) is 17.5 Å². The summed E-state index contributed by atoms with van der Waals surface area (Å²) in [5.74, 6) is 7.00. The molecule has 1 amide bonds. The van der Waals surface area contributed by atoms with Crippen LogP contribution in [0.1, 0.15) is 43.0 Å². The molecule has 0 fully saturated rings. The van der Waals surface area contributed by atoms with Crippen molar-refractivity contribution in [1.29, 1.82) is 0 Å². The second-order valence-electron chi connectivity index (χ2n) is 6.73. The zero-order chi connectivity index (χ0) is 20.5. The van der Waals surface area contributed by atoms with Crippen molar-refractivity contribution in [2.24, 2.45) is 0 Å². The summed E-state index contributed by atoms with van der Waals surface area (Å²) >= 11 is 0. The molecule has 0 aliphatic carbocycles. The predicted octanol–water partition coefficient (Wildman–Crippen LogP) is 5.01. The van der Waals surface area contributed by atoms with Gasteiger partial charge in [-0.25, -0.2) is 4.98 Å². The molecule has 1 unspecified atom stereocenters. The molecule has 1 N–H and O–H groups in total. The fourth-order valence-electron chi connectivity index (χ4n) is 2.83. The first-order chi connectivity index (χ1) is 14.2. The fourth-order valence-corrected chi connectivity index (χ4v) is 2.83. The Labute approximate surface area is 172 Å². The van der Waals surface area contributed by atoms with Crippen LogP contribution in [0, 0.1) is 11.8 Å². The number of amides is 1. The maximum Gasteiger partial charge on any atom is 0.262 e. The predicted molar refractivity (Wildman–Crippen MR) is 116 cm³/mol. The normalized spacial score (nSPS) is 11.1. The van der Waals surface area contributed by atoms with Gasteiger partial charge < -0.3 is 10.1 Å². The first-order valence-electron chi connectivity index (χ1n) is 9.70. The van der Waals surface area contributed by atoms with E-state index in [0.717, 1.165) is 23.3 Å². The Morgan fingerprint density at radius 3 is 2.69 bits per heavy atom. The molecule has 4 heteroatoms. The number of rotatable bonds is 6. The van der Waals surface area contributed by atoms with E-state index in [1.807, 2.05) is 66.7 Å². The van der Waals surface area contributed by atoms with E-state index in [-0.39, 0.29) is 12.5 Å². The average molecular weight is 384 g/mol. The molecule has 0 saturated carbocycles. The third-order valence-electron chi connectivity index (χ3n) is 4.57. The minimum Gasteiger partial charge on any atom is -0.483 e. The summed E-state index contributed by atoms with van der Waals surface area (Å²) in [5.41, 5.74) is 3.31. The highest BCUT2D eigenvalue weighted by molar-refractivity contribution is 5.92. The molecule has 1 atom stereocenters. The van der Waals surface area contributed by atoms with Crippen LogP contribution in [0.25, 0.3) is 0 Å². The van der Waals surface area contributed by atoms with Crippen molar-refractivity contribution in [1.82, 2.24) is 4.98 Å². The number of hydrogen-bond donors (Lipinski definition) is 1. The molecule has 0 bridgehead atoms. The average Bonchev–Trinajstić information content (AvgIpc) is 2.77. The summed E-state index contributed by atoms with van der Waals surface area (Å²) in [5, 5.41) is 2.87. The second kappa shape index (κ2) is 10.1. The molecular formula is C25H24N2O2. The number of nitrogens with zero attached hydrogens (tertiary/aromatic N) is 1. The lowest BCUT2D eigenvalue weighted by Crippen LogP contribution is -2.20. The standard InChI is InChI=1S/C25H24N2O2/c1-3-19(2)23-12-4-5-13-24(23)29-18-25(28)27-22-11-8-9-20(17-22)14-15-21-10-6-7-16-26-21/h4-13,16-17,19H,3,18H2,1-2H3,(H,27,28). The van der Waals surface area contributed by atoms with E-state index in [4.69, 9.17) is 4.74 Å². The fraction of sp³-hybridized carbons (Fsp3) is 0.200. The highest BCUT2D eigenvalue weighted by atomic mass is 16.5. The van der Waals surface area contributed by atoms with Crippen molar-refractivity contribution in [3.8, 4) is 17.6 Å². The van der Waals surface area contributed by atoms with Gasteiger partial charge in [0.15, 0.2) is 6.61 Å². The van der Waals surface area contributed by atoms with Gasteiger partial charge in [-0.05, 0) is 60.2 Å². The van der Waals surface area contributed by atoms with Gasteiger partial charge in [0.2, 0.25) is 0 Å². The van der Waals surface area contributed by atoms with Gasteiger partial charge in [0.1, 0.15) is 11.4 Å². The van der Waals surface area contributed by atoms with Gasteiger partial charge in [-0.15, -0.1) is 0 Å². The molecule has 0 radical (unpaired) electrons. The SMILES string of the molecule is CCC(C)c1ccccc1OCC(=O)Nc1cccc(C#Cc2ccccn2)c1. The summed E-state index contributed by atoms with van der Waals surface area (Å²) in [6, 6.07) is 20.9. The Morgan fingerprint density at radius 1 is 1.07 bits per heavy atom. The minimum atomic E-state index is -0.209. The van der Waals surface area contributed by atoms with E-state index in [0.29, 0.717) is 17.3 Å². The molecule has 2 aromatic carbocycles. The number of carbonyl (C=O) groups is 1. The summed E-state index contributed by atoms with van der Waals surface area (Å²) in [6.45, 7) is 4.24. The van der Waals surface area contributed by atoms with Crippen LogP contribution in [0.15, 0.2) is 72.9 Å². The number of aromatic nitrogens is 1. The van der Waals surface area contributed by atoms with Crippen LogP contribution in [0.5, 0.6) is 5.75 Å². The monoisotopic (exact) mass is 384 g/mol. The molecule has 1 aromatic heterocycles. The number of para-hydroxylation sites is 1. The molecule has 29 heavy (non-hydrogen) atoms. The number of carbonyl (C=O) groups excluding carboxylic acids is 1. The van der Waals surface area contributed by atoms with E-state index in [9.17, 15) is 4.79 Å². The lowest BCUT2D eigenvalue weighted by Gasteiger charge is -2.15. The van der Waals surface area contributed by atoms with Crippen LogP contribution >= 0.6 is 0 Å². The van der Waals surface area contributed by atoms with Gasteiger partial charge >= 0.3 is 0 Å². The van der Waals surface area contributed by atoms with Crippen LogP contribution in [0.3, 0.4) is 0 Å². The van der Waals surface area contributed by atoms with Crippen molar-refractivity contribution in [3.63, 3.8) is 0 Å². The number of pyridine rings is 1. The van der Waals surface area contributed by atoms with E-state index >= 15 is 0 Å². The highest BCUT2D eigenvalue weighted by Gasteiger charge is 2.11. The molecule has 146 valence electrons. The lowest BCUT2D eigenvalue weighted by molar-refractivity contribution is -0.118. The van der Waals surface area contributed by atoms with Crippen molar-refractivity contribution in [2.75, 3.05) is 11.9 Å². The molecule has 1 heterocycles. The van der Waals surface area contributed by atoms with Gasteiger partial charge in [-0.3, -0.25) is 4.79 Å². The van der Waals surface area contributed by atoms with Crippen molar-refractivity contribution >= 4 is 11.6 Å². The van der Waals surface area contributed by atoms with Gasteiger partial charge in [0.05, 0.1) is 0 Å². The third kappa shape index (κ3) is 5.95. The van der Waals surface area contributed by atoms with E-state index in [1.54, 1.807) is 6.20 Å². The quantitative estimate of drug-likeness (QED) is 0.608. The van der Waals surface area contributed by atoms with Crippen LogP contribution < -0.4 is 10.1 Å². The Bertz CT molecular complexity index is 1020. The number of hydrogen-bond acceptors (Lipinski definition) is 3. The Morgan fingerprint density at radius 2 is 1.90 bits per heavy atom. The van der Waals surface area contributed by atoms with Crippen molar-refractivity contribution < 1.29 is 9.53 Å². The van der Waals surface area contributed by atoms with Crippen LogP contribution in [-0.2, 0) is 4.79 Å². The van der Waals surface area contributed by atoms with Gasteiger partial charge in [0.25, 0.3) is 5.91 Å². The molecule has 0 aliphatic rings. The summed E-state index contributed by atoms with van der Waals surface area (Å²) in [4.78, 5) is 16.5. The molecule has 3 aromatic rings. The largest absolute Gasteiger partial charge is 0.483 e. The topological polar surface area (TPSA) is 51.2 Å². The Kier molecular flexibility index (Phi) is 7.02. The van der Waals surface area contributed by atoms with Crippen molar-refractivity contribution in [3.05, 3.63) is 89.7 Å². The maximum absolute atomic E-state index is 12.3. The molecule has 0 spiro atoms. The maximum atomic E-state index is 12.3. The zero-order valence-electron chi connectivity index (χ0n) is 16.7. The smallest absolute Gasteiger partial charge is 0.262 e. The Balaban J connectivity index is 1.61. The number of ether oxygens (including phenoxy) is 1. The van der Waals surface area contributed by atoms with Crippen LogP contribution in [0.4, 0.5) is 5.69 Å². The minimum absolute atomic E-state index is 0.0444. The number of nitrogens with one attached hydrogen (secondary N) is 1. The molecule has 4 nitrogen and oxygen atoms in total.